The number of fused-ring (bicyclic) bond motifs is 3. The lowest BCUT2D eigenvalue weighted by Gasteiger charge is -2.01. The Labute approximate surface area is 111 Å². The topological polar surface area (TPSA) is 0 Å². The highest BCUT2D eigenvalue weighted by molar-refractivity contribution is 7.25. The summed E-state index contributed by atoms with van der Waals surface area (Å²) in [5.74, 6) is 0. The summed E-state index contributed by atoms with van der Waals surface area (Å²) in [6.45, 7) is 5.91. The maximum atomic E-state index is 3.87. The van der Waals surface area contributed by atoms with Crippen LogP contribution in [0.3, 0.4) is 0 Å². The van der Waals surface area contributed by atoms with Crippen LogP contribution >= 0.6 is 11.3 Å². The van der Waals surface area contributed by atoms with E-state index in [-0.39, 0.29) is 0 Å². The fraction of sp³-hybridized carbons (Fsp3) is 0.0588. The van der Waals surface area contributed by atoms with Gasteiger partial charge in [0.1, 0.15) is 0 Å². The molecule has 0 atom stereocenters. The van der Waals surface area contributed by atoms with Gasteiger partial charge in [-0.05, 0) is 30.2 Å². The molecular weight excluding hydrogens is 236 g/mol. The zero-order chi connectivity index (χ0) is 12.5. The third kappa shape index (κ3) is 1.68. The number of hydrogen-bond donors (Lipinski definition) is 0. The summed E-state index contributed by atoms with van der Waals surface area (Å²) in [4.78, 5) is 0. The van der Waals surface area contributed by atoms with Crippen molar-refractivity contribution in [3.63, 3.8) is 0 Å². The SMILES string of the molecule is C=C/C(=C\C)c1ccc2c(c1)sc1ccccc12. The van der Waals surface area contributed by atoms with Gasteiger partial charge in [-0.1, -0.05) is 49.1 Å². The van der Waals surface area contributed by atoms with Crippen LogP contribution in [0.1, 0.15) is 12.5 Å². The van der Waals surface area contributed by atoms with Crippen molar-refractivity contribution in [2.45, 2.75) is 6.92 Å². The molecule has 1 heteroatoms. The summed E-state index contributed by atoms with van der Waals surface area (Å²) in [5, 5.41) is 2.70. The summed E-state index contributed by atoms with van der Waals surface area (Å²) in [6, 6.07) is 15.2. The first-order valence-electron chi connectivity index (χ1n) is 6.04. The lowest BCUT2D eigenvalue weighted by molar-refractivity contribution is 1.66. The summed E-state index contributed by atoms with van der Waals surface area (Å²) in [6.07, 6.45) is 4.01. The van der Waals surface area contributed by atoms with Crippen molar-refractivity contribution in [3.05, 3.63) is 66.8 Å². The van der Waals surface area contributed by atoms with Gasteiger partial charge in [0, 0.05) is 20.2 Å². The lowest BCUT2D eigenvalue weighted by atomic mass is 10.0. The van der Waals surface area contributed by atoms with E-state index in [4.69, 9.17) is 0 Å². The summed E-state index contributed by atoms with van der Waals surface area (Å²) in [5.41, 5.74) is 2.43. The van der Waals surface area contributed by atoms with Gasteiger partial charge in [0.05, 0.1) is 0 Å². The van der Waals surface area contributed by atoms with E-state index in [2.05, 4.69) is 55.1 Å². The van der Waals surface area contributed by atoms with Gasteiger partial charge in [0.2, 0.25) is 0 Å². The van der Waals surface area contributed by atoms with Crippen LogP contribution in [0, 0.1) is 0 Å². The predicted octanol–water partition coefficient (Wildman–Crippen LogP) is 5.64. The van der Waals surface area contributed by atoms with Crippen LogP contribution in [0.2, 0.25) is 0 Å². The average molecular weight is 250 g/mol. The number of allylic oxidation sites excluding steroid dienone is 3. The maximum Gasteiger partial charge on any atom is 0.0361 e. The van der Waals surface area contributed by atoms with Crippen LogP contribution in [0.15, 0.2) is 61.2 Å². The summed E-state index contributed by atoms with van der Waals surface area (Å²) >= 11 is 1.85. The van der Waals surface area contributed by atoms with E-state index in [0.717, 1.165) is 0 Å². The number of hydrogen-bond acceptors (Lipinski definition) is 1. The van der Waals surface area contributed by atoms with Crippen LogP contribution in [-0.2, 0) is 0 Å². The third-order valence-corrected chi connectivity index (χ3v) is 4.38. The number of rotatable bonds is 2. The van der Waals surface area contributed by atoms with Crippen LogP contribution in [0.25, 0.3) is 25.7 Å². The van der Waals surface area contributed by atoms with Crippen molar-refractivity contribution in [2.24, 2.45) is 0 Å². The van der Waals surface area contributed by atoms with E-state index < -0.39 is 0 Å². The molecule has 18 heavy (non-hydrogen) atoms. The van der Waals surface area contributed by atoms with E-state index in [1.54, 1.807) is 0 Å². The van der Waals surface area contributed by atoms with Crippen molar-refractivity contribution in [1.29, 1.82) is 0 Å². The molecule has 0 spiro atoms. The van der Waals surface area contributed by atoms with Crippen LogP contribution < -0.4 is 0 Å². The van der Waals surface area contributed by atoms with E-state index >= 15 is 0 Å². The molecule has 0 radical (unpaired) electrons. The minimum absolute atomic E-state index is 1.19. The fourth-order valence-corrected chi connectivity index (χ4v) is 3.45. The number of thiophene rings is 1. The minimum atomic E-state index is 1.19. The quantitative estimate of drug-likeness (QED) is 0.516. The van der Waals surface area contributed by atoms with E-state index in [1.165, 1.54) is 31.3 Å². The van der Waals surface area contributed by atoms with Gasteiger partial charge in [-0.15, -0.1) is 11.3 Å². The van der Waals surface area contributed by atoms with Crippen molar-refractivity contribution in [3.8, 4) is 0 Å². The highest BCUT2D eigenvalue weighted by Crippen LogP contribution is 2.35. The Hall–Kier alpha value is -1.86. The third-order valence-electron chi connectivity index (χ3n) is 3.24. The van der Waals surface area contributed by atoms with Gasteiger partial charge in [-0.3, -0.25) is 0 Å². The molecule has 0 amide bonds. The molecule has 88 valence electrons. The zero-order valence-electron chi connectivity index (χ0n) is 10.3. The zero-order valence-corrected chi connectivity index (χ0v) is 11.1. The van der Waals surface area contributed by atoms with E-state index in [1.807, 2.05) is 24.3 Å². The van der Waals surface area contributed by atoms with Gasteiger partial charge < -0.3 is 0 Å². The van der Waals surface area contributed by atoms with Gasteiger partial charge in [-0.2, -0.15) is 0 Å². The van der Waals surface area contributed by atoms with Gasteiger partial charge in [0.15, 0.2) is 0 Å². The molecule has 0 aliphatic rings. The Morgan fingerprint density at radius 1 is 1.06 bits per heavy atom. The fourth-order valence-electron chi connectivity index (χ4n) is 2.31. The van der Waals surface area contributed by atoms with Crippen LogP contribution in [0.5, 0.6) is 0 Å². The second-order valence-electron chi connectivity index (χ2n) is 4.26. The Kier molecular flexibility index (Phi) is 2.77. The molecule has 0 saturated carbocycles. The smallest absolute Gasteiger partial charge is 0.0361 e. The monoisotopic (exact) mass is 250 g/mol. The molecule has 1 aromatic heterocycles. The Bertz CT molecular complexity index is 759. The standard InChI is InChI=1S/C17H14S/c1-3-12(4-2)13-9-10-15-14-7-5-6-8-16(14)18-17(15)11-13/h3-11H,1H2,2H3/b12-4+. The lowest BCUT2D eigenvalue weighted by Crippen LogP contribution is -1.78. The van der Waals surface area contributed by atoms with Crippen molar-refractivity contribution in [1.82, 2.24) is 0 Å². The number of benzene rings is 2. The molecule has 0 aliphatic carbocycles. The maximum absolute atomic E-state index is 3.87. The molecule has 3 aromatic rings. The molecule has 0 N–H and O–H groups in total. The minimum Gasteiger partial charge on any atom is -0.135 e. The van der Waals surface area contributed by atoms with Crippen molar-refractivity contribution < 1.29 is 0 Å². The first kappa shape index (κ1) is 11.2. The highest BCUT2D eigenvalue weighted by Gasteiger charge is 2.05. The Morgan fingerprint density at radius 2 is 1.83 bits per heavy atom. The largest absolute Gasteiger partial charge is 0.135 e. The summed E-state index contributed by atoms with van der Waals surface area (Å²) < 4.78 is 2.69. The Balaban J connectivity index is 2.30. The molecule has 0 fully saturated rings. The molecule has 0 bridgehead atoms. The van der Waals surface area contributed by atoms with Crippen molar-refractivity contribution in [2.75, 3.05) is 0 Å². The molecule has 0 aliphatic heterocycles. The van der Waals surface area contributed by atoms with E-state index in [0.29, 0.717) is 0 Å². The normalized spacial score (nSPS) is 12.2. The summed E-state index contributed by atoms with van der Waals surface area (Å²) in [7, 11) is 0. The first-order chi connectivity index (χ1) is 8.83. The van der Waals surface area contributed by atoms with E-state index in [9.17, 15) is 0 Å². The van der Waals surface area contributed by atoms with Gasteiger partial charge >= 0.3 is 0 Å². The molecule has 2 aromatic carbocycles. The predicted molar refractivity (Wildman–Crippen MR) is 83.2 cm³/mol. The van der Waals surface area contributed by atoms with Crippen molar-refractivity contribution >= 4 is 37.1 Å². The Morgan fingerprint density at radius 3 is 2.61 bits per heavy atom. The second kappa shape index (κ2) is 4.43. The van der Waals surface area contributed by atoms with Crippen LogP contribution in [-0.4, -0.2) is 0 Å². The molecule has 0 saturated heterocycles. The highest BCUT2D eigenvalue weighted by atomic mass is 32.1. The van der Waals surface area contributed by atoms with Gasteiger partial charge in [0.25, 0.3) is 0 Å². The second-order valence-corrected chi connectivity index (χ2v) is 5.34. The average Bonchev–Trinajstić information content (AvgIpc) is 2.78. The van der Waals surface area contributed by atoms with Gasteiger partial charge in [-0.25, -0.2) is 0 Å². The molecule has 0 nitrogen and oxygen atoms in total. The molecular formula is C17H14S. The molecule has 0 unspecified atom stereocenters. The van der Waals surface area contributed by atoms with Crippen LogP contribution in [0.4, 0.5) is 0 Å². The molecule has 1 heterocycles. The first-order valence-corrected chi connectivity index (χ1v) is 6.85. The molecule has 3 rings (SSSR count).